The Morgan fingerprint density at radius 3 is 2.08 bits per heavy atom. The molecule has 0 aromatic rings. The molecule has 7 N–H and O–H groups in total. The Bertz CT molecular complexity index is 468. The summed E-state index contributed by atoms with van der Waals surface area (Å²) in [6, 6.07) is -3.14. The fourth-order valence-electron chi connectivity index (χ4n) is 1.71. The molecule has 0 rings (SSSR count). The van der Waals surface area contributed by atoms with Crippen LogP contribution in [0.2, 0.25) is 0 Å². The van der Waals surface area contributed by atoms with Crippen molar-refractivity contribution in [1.29, 1.82) is 0 Å². The van der Waals surface area contributed by atoms with Gasteiger partial charge in [0.2, 0.25) is 17.7 Å². The number of hydrogen-bond donors (Lipinski definition) is 6. The summed E-state index contributed by atoms with van der Waals surface area (Å²) >= 11 is 0. The van der Waals surface area contributed by atoms with E-state index in [-0.39, 0.29) is 5.92 Å². The lowest BCUT2D eigenvalue weighted by atomic mass is 10.0. The van der Waals surface area contributed by atoms with Crippen LogP contribution in [0, 0.1) is 5.92 Å². The predicted octanol–water partition coefficient (Wildman–Crippen LogP) is -2.46. The van der Waals surface area contributed by atoms with Crippen molar-refractivity contribution >= 4 is 23.7 Å². The predicted molar refractivity (Wildman–Crippen MR) is 84.7 cm³/mol. The average molecular weight is 346 g/mol. The molecule has 0 saturated carbocycles. The Morgan fingerprint density at radius 2 is 1.62 bits per heavy atom. The molecule has 0 radical (unpaired) electrons. The van der Waals surface area contributed by atoms with Gasteiger partial charge in [-0.05, 0) is 19.3 Å². The molecule has 0 aromatic heterocycles. The molecule has 3 atom stereocenters. The minimum absolute atomic E-state index is 0.0762. The molecule has 0 bridgehead atoms. The topological polar surface area (TPSA) is 171 Å². The number of rotatable bonds is 10. The van der Waals surface area contributed by atoms with Gasteiger partial charge in [-0.2, -0.15) is 0 Å². The number of hydrogen-bond acceptors (Lipinski definition) is 6. The summed E-state index contributed by atoms with van der Waals surface area (Å²) in [5.41, 5.74) is 5.39. The van der Waals surface area contributed by atoms with Gasteiger partial charge >= 0.3 is 5.97 Å². The van der Waals surface area contributed by atoms with E-state index in [1.54, 1.807) is 0 Å². The molecule has 0 saturated heterocycles. The van der Waals surface area contributed by atoms with Gasteiger partial charge in [-0.1, -0.05) is 13.8 Å². The molecule has 3 unspecified atom stereocenters. The molecule has 0 aliphatic rings. The van der Waals surface area contributed by atoms with Crippen LogP contribution in [0.5, 0.6) is 0 Å². The van der Waals surface area contributed by atoms with E-state index >= 15 is 0 Å². The van der Waals surface area contributed by atoms with E-state index in [2.05, 4.69) is 16.0 Å². The molecule has 0 fully saturated rings. The summed E-state index contributed by atoms with van der Waals surface area (Å²) in [6.07, 6.45) is 0.308. The third kappa shape index (κ3) is 8.44. The lowest BCUT2D eigenvalue weighted by Gasteiger charge is -2.21. The van der Waals surface area contributed by atoms with E-state index in [0.29, 0.717) is 6.42 Å². The second-order valence-corrected chi connectivity index (χ2v) is 5.83. The van der Waals surface area contributed by atoms with Gasteiger partial charge in [-0.3, -0.25) is 19.2 Å². The van der Waals surface area contributed by atoms with E-state index in [1.165, 1.54) is 6.92 Å². The fraction of sp³-hybridized carbons (Fsp3) is 0.714. The van der Waals surface area contributed by atoms with Crippen LogP contribution < -0.4 is 21.7 Å². The second-order valence-electron chi connectivity index (χ2n) is 5.83. The van der Waals surface area contributed by atoms with E-state index < -0.39 is 55.0 Å². The standard InChI is InChI=1S/C14H26N4O6/c1-7(2)4-10(18-12(21)9(15)6-19)13(22)16-5-11(20)17-8(3)14(23)24/h7-10,19H,4-6,15H2,1-3H3,(H,16,22)(H,17,20)(H,18,21)(H,23,24). The van der Waals surface area contributed by atoms with E-state index in [9.17, 15) is 19.2 Å². The smallest absolute Gasteiger partial charge is 0.325 e. The molecule has 0 heterocycles. The molecule has 10 heteroatoms. The van der Waals surface area contributed by atoms with Gasteiger partial charge < -0.3 is 31.9 Å². The van der Waals surface area contributed by atoms with Crippen LogP contribution in [0.15, 0.2) is 0 Å². The van der Waals surface area contributed by atoms with Crippen LogP contribution >= 0.6 is 0 Å². The molecule has 10 nitrogen and oxygen atoms in total. The number of carboxylic acids is 1. The number of nitrogens with two attached hydrogens (primary N) is 1. The molecular weight excluding hydrogens is 320 g/mol. The molecule has 3 amide bonds. The molecule has 24 heavy (non-hydrogen) atoms. The Labute approximate surface area is 140 Å². The number of nitrogens with one attached hydrogen (secondary N) is 3. The van der Waals surface area contributed by atoms with Crippen molar-refractivity contribution < 1.29 is 29.4 Å². The second kappa shape index (κ2) is 10.6. The Morgan fingerprint density at radius 1 is 1.04 bits per heavy atom. The highest BCUT2D eigenvalue weighted by atomic mass is 16.4. The summed E-state index contributed by atoms with van der Waals surface area (Å²) in [4.78, 5) is 46.0. The van der Waals surface area contributed by atoms with E-state index in [1.807, 2.05) is 13.8 Å². The van der Waals surface area contributed by atoms with Crippen molar-refractivity contribution in [3.63, 3.8) is 0 Å². The Kier molecular flexibility index (Phi) is 9.58. The molecule has 0 aliphatic carbocycles. The lowest BCUT2D eigenvalue weighted by Crippen LogP contribution is -2.54. The molecule has 138 valence electrons. The highest BCUT2D eigenvalue weighted by Crippen LogP contribution is 2.05. The average Bonchev–Trinajstić information content (AvgIpc) is 2.50. The van der Waals surface area contributed by atoms with Gasteiger partial charge in [0.1, 0.15) is 18.1 Å². The first-order chi connectivity index (χ1) is 11.1. The van der Waals surface area contributed by atoms with Crippen LogP contribution in [0.1, 0.15) is 27.2 Å². The first-order valence-corrected chi connectivity index (χ1v) is 7.55. The SMILES string of the molecule is CC(C)CC(NC(=O)C(N)CO)C(=O)NCC(=O)NC(C)C(=O)O. The number of aliphatic hydroxyl groups excluding tert-OH is 1. The number of aliphatic carboxylic acids is 1. The van der Waals surface area contributed by atoms with Gasteiger partial charge in [-0.15, -0.1) is 0 Å². The molecular formula is C14H26N4O6. The molecule has 0 aliphatic heterocycles. The van der Waals surface area contributed by atoms with E-state index in [0.717, 1.165) is 0 Å². The monoisotopic (exact) mass is 346 g/mol. The van der Waals surface area contributed by atoms with Gasteiger partial charge in [0.05, 0.1) is 13.2 Å². The third-order valence-corrected chi connectivity index (χ3v) is 3.04. The van der Waals surface area contributed by atoms with Crippen LogP contribution in [0.3, 0.4) is 0 Å². The number of aliphatic hydroxyl groups is 1. The van der Waals surface area contributed by atoms with Gasteiger partial charge in [0.25, 0.3) is 0 Å². The van der Waals surface area contributed by atoms with Crippen LogP contribution in [-0.4, -0.2) is 65.2 Å². The van der Waals surface area contributed by atoms with Crippen molar-refractivity contribution in [2.75, 3.05) is 13.2 Å². The zero-order valence-electron chi connectivity index (χ0n) is 14.0. The van der Waals surface area contributed by atoms with Crippen molar-refractivity contribution in [2.45, 2.75) is 45.3 Å². The highest BCUT2D eigenvalue weighted by Gasteiger charge is 2.25. The molecule has 0 spiro atoms. The molecule has 0 aromatic carbocycles. The normalized spacial score (nSPS) is 14.4. The van der Waals surface area contributed by atoms with Gasteiger partial charge in [0, 0.05) is 0 Å². The number of carboxylic acid groups (broad SMARTS) is 1. The minimum Gasteiger partial charge on any atom is -0.480 e. The largest absolute Gasteiger partial charge is 0.480 e. The number of carbonyl (C=O) groups is 4. The first-order valence-electron chi connectivity index (χ1n) is 7.55. The van der Waals surface area contributed by atoms with Crippen LogP contribution in [0.4, 0.5) is 0 Å². The number of carbonyl (C=O) groups excluding carboxylic acids is 3. The summed E-state index contributed by atoms with van der Waals surface area (Å²) in [6.45, 7) is 4.00. The zero-order chi connectivity index (χ0) is 18.9. The summed E-state index contributed by atoms with van der Waals surface area (Å²) in [7, 11) is 0. The summed E-state index contributed by atoms with van der Waals surface area (Å²) in [5.74, 6) is -3.06. The lowest BCUT2D eigenvalue weighted by molar-refractivity contribution is -0.141. The third-order valence-electron chi connectivity index (χ3n) is 3.04. The van der Waals surface area contributed by atoms with E-state index in [4.69, 9.17) is 15.9 Å². The van der Waals surface area contributed by atoms with Gasteiger partial charge in [-0.25, -0.2) is 0 Å². The van der Waals surface area contributed by atoms with Crippen molar-refractivity contribution in [3.05, 3.63) is 0 Å². The zero-order valence-corrected chi connectivity index (χ0v) is 14.0. The van der Waals surface area contributed by atoms with Crippen molar-refractivity contribution in [3.8, 4) is 0 Å². The van der Waals surface area contributed by atoms with Crippen LogP contribution in [-0.2, 0) is 19.2 Å². The first kappa shape index (κ1) is 21.8. The maximum Gasteiger partial charge on any atom is 0.325 e. The van der Waals surface area contributed by atoms with Crippen molar-refractivity contribution in [1.82, 2.24) is 16.0 Å². The Balaban J connectivity index is 4.63. The number of amides is 3. The highest BCUT2D eigenvalue weighted by molar-refractivity contribution is 5.92. The van der Waals surface area contributed by atoms with Crippen LogP contribution in [0.25, 0.3) is 0 Å². The quantitative estimate of drug-likeness (QED) is 0.255. The summed E-state index contributed by atoms with van der Waals surface area (Å²) in [5, 5.41) is 24.5. The Hall–Kier alpha value is -2.20. The fourth-order valence-corrected chi connectivity index (χ4v) is 1.71. The maximum absolute atomic E-state index is 12.1. The summed E-state index contributed by atoms with van der Waals surface area (Å²) < 4.78 is 0. The maximum atomic E-state index is 12.1. The minimum atomic E-state index is -1.20. The van der Waals surface area contributed by atoms with Crippen molar-refractivity contribution in [2.24, 2.45) is 11.7 Å². The van der Waals surface area contributed by atoms with Gasteiger partial charge in [0.15, 0.2) is 0 Å².